The Kier molecular flexibility index (Phi) is 5.54. The van der Waals surface area contributed by atoms with E-state index in [4.69, 9.17) is 0 Å². The van der Waals surface area contributed by atoms with Gasteiger partial charge in [-0.1, -0.05) is 6.92 Å². The molecule has 1 atom stereocenters. The van der Waals surface area contributed by atoms with Gasteiger partial charge >= 0.3 is 0 Å². The van der Waals surface area contributed by atoms with Crippen molar-refractivity contribution in [3.8, 4) is 0 Å². The molecule has 0 spiro atoms. The number of anilines is 1. The Labute approximate surface area is 133 Å². The molecule has 1 unspecified atom stereocenters. The first-order chi connectivity index (χ1) is 9.56. The van der Waals surface area contributed by atoms with E-state index in [2.05, 4.69) is 64.1 Å². The highest BCUT2D eigenvalue weighted by molar-refractivity contribution is 9.10. The summed E-state index contributed by atoms with van der Waals surface area (Å²) in [7, 11) is 0. The number of hydrogen-bond donors (Lipinski definition) is 1. The van der Waals surface area contributed by atoms with Gasteiger partial charge in [0, 0.05) is 34.7 Å². The number of nitrogens with zero attached hydrogens (tertiary/aromatic N) is 2. The van der Waals surface area contributed by atoms with Crippen molar-refractivity contribution >= 4 is 33.1 Å². The number of halogens is 1. The lowest BCUT2D eigenvalue weighted by Gasteiger charge is -2.14. The Morgan fingerprint density at radius 1 is 1.35 bits per heavy atom. The van der Waals surface area contributed by atoms with Crippen molar-refractivity contribution in [2.24, 2.45) is 0 Å². The average molecular weight is 354 g/mol. The van der Waals surface area contributed by atoms with Gasteiger partial charge in [0.25, 0.3) is 0 Å². The standard InChI is InChI=1S/C15H20BrN3S/c1-4-5-14-18-13(16)9-15(19-14)17-10(2)8-12-7-6-11(3)20-12/h6-7,9-10H,4-5,8H2,1-3H3,(H,17,18,19). The molecule has 1 N–H and O–H groups in total. The van der Waals surface area contributed by atoms with E-state index in [-0.39, 0.29) is 0 Å². The van der Waals surface area contributed by atoms with Crippen LogP contribution in [0.5, 0.6) is 0 Å². The largest absolute Gasteiger partial charge is 0.367 e. The Hall–Kier alpha value is -0.940. The predicted octanol–water partition coefficient (Wildman–Crippen LogP) is 4.60. The van der Waals surface area contributed by atoms with E-state index in [9.17, 15) is 0 Å². The number of hydrogen-bond acceptors (Lipinski definition) is 4. The van der Waals surface area contributed by atoms with Crippen molar-refractivity contribution in [3.63, 3.8) is 0 Å². The van der Waals surface area contributed by atoms with E-state index in [1.807, 2.05) is 17.4 Å². The molecule has 5 heteroatoms. The molecule has 108 valence electrons. The van der Waals surface area contributed by atoms with Crippen LogP contribution in [0.3, 0.4) is 0 Å². The summed E-state index contributed by atoms with van der Waals surface area (Å²) in [5.41, 5.74) is 0. The summed E-state index contributed by atoms with van der Waals surface area (Å²) < 4.78 is 0.845. The molecular formula is C15H20BrN3S. The van der Waals surface area contributed by atoms with Gasteiger partial charge in [-0.3, -0.25) is 0 Å². The fraction of sp³-hybridized carbons (Fsp3) is 0.467. The van der Waals surface area contributed by atoms with E-state index in [0.29, 0.717) is 6.04 Å². The maximum Gasteiger partial charge on any atom is 0.132 e. The van der Waals surface area contributed by atoms with Gasteiger partial charge in [-0.15, -0.1) is 11.3 Å². The second kappa shape index (κ2) is 7.18. The molecule has 0 aliphatic carbocycles. The molecular weight excluding hydrogens is 334 g/mol. The fourth-order valence-corrected chi connectivity index (χ4v) is 3.51. The second-order valence-electron chi connectivity index (χ2n) is 5.00. The van der Waals surface area contributed by atoms with Crippen LogP contribution in [0.15, 0.2) is 22.8 Å². The molecule has 0 aliphatic rings. The van der Waals surface area contributed by atoms with Crippen LogP contribution in [0.1, 0.15) is 35.8 Å². The van der Waals surface area contributed by atoms with Gasteiger partial charge in [0.1, 0.15) is 16.2 Å². The van der Waals surface area contributed by atoms with Crippen molar-refractivity contribution in [2.45, 2.75) is 46.1 Å². The monoisotopic (exact) mass is 353 g/mol. The normalized spacial score (nSPS) is 12.4. The molecule has 2 heterocycles. The van der Waals surface area contributed by atoms with Gasteiger partial charge in [0.15, 0.2) is 0 Å². The number of aryl methyl sites for hydroxylation is 2. The van der Waals surface area contributed by atoms with Crippen molar-refractivity contribution in [3.05, 3.63) is 38.4 Å². The van der Waals surface area contributed by atoms with Gasteiger partial charge < -0.3 is 5.32 Å². The van der Waals surface area contributed by atoms with E-state index in [1.165, 1.54) is 9.75 Å². The summed E-state index contributed by atoms with van der Waals surface area (Å²) in [4.78, 5) is 11.7. The third kappa shape index (κ3) is 4.56. The van der Waals surface area contributed by atoms with Crippen LogP contribution in [0.2, 0.25) is 0 Å². The van der Waals surface area contributed by atoms with E-state index in [1.54, 1.807) is 0 Å². The molecule has 0 bridgehead atoms. The van der Waals surface area contributed by atoms with E-state index in [0.717, 1.165) is 35.5 Å². The van der Waals surface area contributed by atoms with Crippen molar-refractivity contribution in [2.75, 3.05) is 5.32 Å². The van der Waals surface area contributed by atoms with Crippen molar-refractivity contribution in [1.82, 2.24) is 9.97 Å². The first-order valence-electron chi connectivity index (χ1n) is 6.92. The highest BCUT2D eigenvalue weighted by atomic mass is 79.9. The highest BCUT2D eigenvalue weighted by Crippen LogP contribution is 2.19. The Morgan fingerprint density at radius 3 is 2.80 bits per heavy atom. The lowest BCUT2D eigenvalue weighted by atomic mass is 10.2. The van der Waals surface area contributed by atoms with Crippen LogP contribution >= 0.6 is 27.3 Å². The number of rotatable bonds is 6. The van der Waals surface area contributed by atoms with Gasteiger partial charge in [0.05, 0.1) is 0 Å². The molecule has 2 rings (SSSR count). The molecule has 0 saturated heterocycles. The van der Waals surface area contributed by atoms with Crippen molar-refractivity contribution < 1.29 is 0 Å². The Balaban J connectivity index is 2.01. The zero-order valence-corrected chi connectivity index (χ0v) is 14.5. The van der Waals surface area contributed by atoms with Crippen LogP contribution < -0.4 is 5.32 Å². The second-order valence-corrected chi connectivity index (χ2v) is 7.19. The Bertz CT molecular complexity index is 568. The van der Waals surface area contributed by atoms with E-state index >= 15 is 0 Å². The van der Waals surface area contributed by atoms with Gasteiger partial charge in [-0.05, 0) is 48.3 Å². The van der Waals surface area contributed by atoms with Gasteiger partial charge in [0.2, 0.25) is 0 Å². The minimum atomic E-state index is 0.351. The maximum absolute atomic E-state index is 4.56. The fourth-order valence-electron chi connectivity index (χ4n) is 2.07. The summed E-state index contributed by atoms with van der Waals surface area (Å²) in [6, 6.07) is 6.67. The molecule has 2 aromatic rings. The molecule has 2 aromatic heterocycles. The number of thiophene rings is 1. The van der Waals surface area contributed by atoms with Gasteiger partial charge in [-0.25, -0.2) is 9.97 Å². The summed E-state index contributed by atoms with van der Waals surface area (Å²) >= 11 is 5.31. The third-order valence-electron chi connectivity index (χ3n) is 2.91. The molecule has 0 fully saturated rings. The maximum atomic E-state index is 4.56. The number of aromatic nitrogens is 2. The minimum absolute atomic E-state index is 0.351. The lowest BCUT2D eigenvalue weighted by Crippen LogP contribution is -2.19. The first kappa shape index (κ1) is 15.4. The molecule has 0 aromatic carbocycles. The lowest BCUT2D eigenvalue weighted by molar-refractivity contribution is 0.779. The predicted molar refractivity (Wildman–Crippen MR) is 89.6 cm³/mol. The Morgan fingerprint density at radius 2 is 2.15 bits per heavy atom. The highest BCUT2D eigenvalue weighted by Gasteiger charge is 2.08. The summed E-state index contributed by atoms with van der Waals surface area (Å²) in [5.74, 6) is 1.79. The molecule has 0 amide bonds. The average Bonchev–Trinajstić information content (AvgIpc) is 2.74. The summed E-state index contributed by atoms with van der Waals surface area (Å²) in [6.45, 7) is 6.47. The summed E-state index contributed by atoms with van der Waals surface area (Å²) in [6.07, 6.45) is 2.98. The minimum Gasteiger partial charge on any atom is -0.367 e. The molecule has 0 saturated carbocycles. The quantitative estimate of drug-likeness (QED) is 0.770. The van der Waals surface area contributed by atoms with Crippen LogP contribution in [-0.4, -0.2) is 16.0 Å². The zero-order chi connectivity index (χ0) is 14.5. The molecule has 0 radical (unpaired) electrons. The molecule has 0 aliphatic heterocycles. The molecule has 3 nitrogen and oxygen atoms in total. The van der Waals surface area contributed by atoms with Crippen LogP contribution in [0, 0.1) is 6.92 Å². The van der Waals surface area contributed by atoms with Crippen molar-refractivity contribution in [1.29, 1.82) is 0 Å². The molecule has 20 heavy (non-hydrogen) atoms. The SMILES string of the molecule is CCCc1nc(Br)cc(NC(C)Cc2ccc(C)s2)n1. The summed E-state index contributed by atoms with van der Waals surface area (Å²) in [5, 5.41) is 3.46. The smallest absolute Gasteiger partial charge is 0.132 e. The zero-order valence-electron chi connectivity index (χ0n) is 12.1. The number of nitrogens with one attached hydrogen (secondary N) is 1. The van der Waals surface area contributed by atoms with Gasteiger partial charge in [-0.2, -0.15) is 0 Å². The van der Waals surface area contributed by atoms with Crippen LogP contribution in [0.25, 0.3) is 0 Å². The van der Waals surface area contributed by atoms with Crippen LogP contribution in [0.4, 0.5) is 5.82 Å². The van der Waals surface area contributed by atoms with E-state index < -0.39 is 0 Å². The topological polar surface area (TPSA) is 37.8 Å². The first-order valence-corrected chi connectivity index (χ1v) is 8.53. The van der Waals surface area contributed by atoms with Crippen LogP contribution in [-0.2, 0) is 12.8 Å². The third-order valence-corrected chi connectivity index (χ3v) is 4.34.